The molecule has 6 heteroatoms. The summed E-state index contributed by atoms with van der Waals surface area (Å²) in [5.74, 6) is -0.864. The summed E-state index contributed by atoms with van der Waals surface area (Å²) in [5, 5.41) is 38.0. The summed E-state index contributed by atoms with van der Waals surface area (Å²) in [6, 6.07) is 0. The second-order valence-corrected chi connectivity index (χ2v) is 4.60. The fraction of sp³-hybridized carbons (Fsp3) is 1.00. The lowest BCUT2D eigenvalue weighted by molar-refractivity contribution is -0.154. The quantitative estimate of drug-likeness (QED) is 0.280. The molecule has 1 saturated heterocycles. The second-order valence-electron chi connectivity index (χ2n) is 4.60. The van der Waals surface area contributed by atoms with Crippen molar-refractivity contribution in [3.63, 3.8) is 0 Å². The van der Waals surface area contributed by atoms with Crippen LogP contribution < -0.4 is 5.73 Å². The first-order valence-electron chi connectivity index (χ1n) is 4.80. The lowest BCUT2D eigenvalue weighted by atomic mass is 9.74. The molecule has 90 valence electrons. The van der Waals surface area contributed by atoms with Gasteiger partial charge in [0.25, 0.3) is 0 Å². The van der Waals surface area contributed by atoms with Crippen LogP contribution in [0.25, 0.3) is 0 Å². The normalized spacial score (nSPS) is 40.4. The second kappa shape index (κ2) is 3.38. The Morgan fingerprint density at radius 1 is 1.53 bits per heavy atom. The van der Waals surface area contributed by atoms with Crippen LogP contribution in [0.1, 0.15) is 20.8 Å². The minimum absolute atomic E-state index is 0.684. The van der Waals surface area contributed by atoms with Crippen LogP contribution in [-0.2, 0) is 4.74 Å². The number of hydrogen-bond acceptors (Lipinski definition) is 6. The summed E-state index contributed by atoms with van der Waals surface area (Å²) in [4.78, 5) is 0. The van der Waals surface area contributed by atoms with E-state index in [-0.39, 0.29) is 0 Å². The number of epoxide rings is 1. The SMILES string of the molecule is CC(C(N)(O)CO)C(C)(O)C1(C)OC1O. The van der Waals surface area contributed by atoms with Gasteiger partial charge in [-0.2, -0.15) is 0 Å². The van der Waals surface area contributed by atoms with Gasteiger partial charge in [0, 0.05) is 5.92 Å². The predicted molar refractivity (Wildman–Crippen MR) is 51.5 cm³/mol. The van der Waals surface area contributed by atoms with Gasteiger partial charge in [0.05, 0.1) is 6.61 Å². The Labute approximate surface area is 88.3 Å². The Morgan fingerprint density at radius 2 is 1.93 bits per heavy atom. The van der Waals surface area contributed by atoms with Crippen molar-refractivity contribution in [1.29, 1.82) is 0 Å². The fourth-order valence-electron chi connectivity index (χ4n) is 1.62. The van der Waals surface area contributed by atoms with E-state index in [2.05, 4.69) is 0 Å². The molecule has 0 spiro atoms. The molecule has 0 radical (unpaired) electrons. The summed E-state index contributed by atoms with van der Waals surface area (Å²) in [5.41, 5.74) is 0.805. The van der Waals surface area contributed by atoms with E-state index in [1.54, 1.807) is 0 Å². The molecule has 0 bridgehead atoms. The number of ether oxygens (including phenoxy) is 1. The summed E-state index contributed by atoms with van der Waals surface area (Å²) >= 11 is 0. The zero-order chi connectivity index (χ0) is 12.1. The molecule has 0 saturated carbocycles. The third kappa shape index (κ3) is 1.77. The van der Waals surface area contributed by atoms with E-state index >= 15 is 0 Å². The van der Waals surface area contributed by atoms with E-state index in [0.717, 1.165) is 0 Å². The van der Waals surface area contributed by atoms with E-state index in [0.29, 0.717) is 0 Å². The summed E-state index contributed by atoms with van der Waals surface area (Å²) in [6.07, 6.45) is -1.08. The Bertz CT molecular complexity index is 255. The van der Waals surface area contributed by atoms with Crippen molar-refractivity contribution in [2.75, 3.05) is 6.61 Å². The third-order valence-electron chi connectivity index (χ3n) is 3.62. The molecular weight excluding hydrogens is 202 g/mol. The summed E-state index contributed by atoms with van der Waals surface area (Å²) in [6.45, 7) is 3.72. The molecule has 0 aromatic heterocycles. The van der Waals surface area contributed by atoms with Crippen molar-refractivity contribution in [3.05, 3.63) is 0 Å². The molecule has 6 N–H and O–H groups in total. The molecule has 0 aliphatic carbocycles. The minimum Gasteiger partial charge on any atom is -0.392 e. The highest BCUT2D eigenvalue weighted by molar-refractivity contribution is 5.11. The molecule has 1 fully saturated rings. The molecule has 1 aliphatic heterocycles. The number of aliphatic hydroxyl groups is 4. The largest absolute Gasteiger partial charge is 0.392 e. The van der Waals surface area contributed by atoms with Gasteiger partial charge in [0.1, 0.15) is 16.9 Å². The highest BCUT2D eigenvalue weighted by Crippen LogP contribution is 2.48. The van der Waals surface area contributed by atoms with Crippen molar-refractivity contribution in [2.24, 2.45) is 11.7 Å². The van der Waals surface area contributed by atoms with Crippen molar-refractivity contribution < 1.29 is 25.2 Å². The number of aliphatic hydroxyl groups excluding tert-OH is 2. The van der Waals surface area contributed by atoms with E-state index in [1.807, 2.05) is 0 Å². The Balaban J connectivity index is 2.87. The van der Waals surface area contributed by atoms with Crippen molar-refractivity contribution >= 4 is 0 Å². The van der Waals surface area contributed by atoms with Crippen LogP contribution in [0.4, 0.5) is 0 Å². The molecule has 5 unspecified atom stereocenters. The van der Waals surface area contributed by atoms with E-state index in [1.165, 1.54) is 20.8 Å². The van der Waals surface area contributed by atoms with Crippen molar-refractivity contribution in [2.45, 2.75) is 44.0 Å². The smallest absolute Gasteiger partial charge is 0.187 e. The summed E-state index contributed by atoms with van der Waals surface area (Å²) in [7, 11) is 0. The minimum atomic E-state index is -1.92. The number of rotatable bonds is 4. The van der Waals surface area contributed by atoms with Gasteiger partial charge in [0.2, 0.25) is 0 Å². The topological polar surface area (TPSA) is 119 Å². The molecule has 15 heavy (non-hydrogen) atoms. The molecule has 0 aromatic rings. The van der Waals surface area contributed by atoms with E-state index in [9.17, 15) is 15.3 Å². The molecule has 0 amide bonds. The van der Waals surface area contributed by atoms with Crippen molar-refractivity contribution in [3.8, 4) is 0 Å². The number of nitrogens with two attached hydrogens (primary N) is 1. The van der Waals surface area contributed by atoms with Crippen LogP contribution in [0.5, 0.6) is 0 Å². The van der Waals surface area contributed by atoms with Crippen LogP contribution in [-0.4, -0.2) is 50.3 Å². The van der Waals surface area contributed by atoms with Crippen LogP contribution in [0, 0.1) is 5.92 Å². The molecule has 0 aromatic carbocycles. The molecule has 1 heterocycles. The number of hydrogen-bond donors (Lipinski definition) is 5. The first kappa shape index (κ1) is 12.8. The third-order valence-corrected chi connectivity index (χ3v) is 3.62. The van der Waals surface area contributed by atoms with E-state index < -0.39 is 35.7 Å². The Morgan fingerprint density at radius 3 is 2.20 bits per heavy atom. The van der Waals surface area contributed by atoms with Crippen LogP contribution in [0.3, 0.4) is 0 Å². The van der Waals surface area contributed by atoms with Gasteiger partial charge < -0.3 is 30.9 Å². The average Bonchev–Trinajstić information content (AvgIpc) is 2.75. The monoisotopic (exact) mass is 221 g/mol. The van der Waals surface area contributed by atoms with Gasteiger partial charge in [-0.15, -0.1) is 0 Å². The maximum absolute atomic E-state index is 10.2. The molecular formula is C9H19NO5. The standard InChI is InChI=1S/C9H19NO5/c1-5(9(10,14)4-11)7(2,13)8(3)6(12)15-8/h5-6,11-14H,4,10H2,1-3H3. The summed E-state index contributed by atoms with van der Waals surface area (Å²) < 4.78 is 4.89. The zero-order valence-corrected chi connectivity index (χ0v) is 9.14. The van der Waals surface area contributed by atoms with Gasteiger partial charge >= 0.3 is 0 Å². The van der Waals surface area contributed by atoms with Gasteiger partial charge in [-0.25, -0.2) is 0 Å². The van der Waals surface area contributed by atoms with Gasteiger partial charge in [-0.1, -0.05) is 6.92 Å². The maximum Gasteiger partial charge on any atom is 0.187 e. The lowest BCUT2D eigenvalue weighted by Gasteiger charge is -2.40. The fourth-order valence-corrected chi connectivity index (χ4v) is 1.62. The van der Waals surface area contributed by atoms with Gasteiger partial charge in [0.15, 0.2) is 6.29 Å². The van der Waals surface area contributed by atoms with Crippen LogP contribution >= 0.6 is 0 Å². The maximum atomic E-state index is 10.2. The molecule has 6 nitrogen and oxygen atoms in total. The first-order chi connectivity index (χ1) is 6.59. The average molecular weight is 221 g/mol. The predicted octanol–water partition coefficient (Wildman–Crippen LogP) is -1.88. The van der Waals surface area contributed by atoms with Crippen LogP contribution in [0.2, 0.25) is 0 Å². The zero-order valence-electron chi connectivity index (χ0n) is 9.14. The lowest BCUT2D eigenvalue weighted by Crippen LogP contribution is -2.62. The first-order valence-corrected chi connectivity index (χ1v) is 4.80. The Kier molecular flexibility index (Phi) is 2.89. The highest BCUT2D eigenvalue weighted by Gasteiger charge is 2.67. The Hall–Kier alpha value is -0.240. The molecule has 1 aliphatic rings. The van der Waals surface area contributed by atoms with Crippen molar-refractivity contribution in [1.82, 2.24) is 0 Å². The molecule has 5 atom stereocenters. The highest BCUT2D eigenvalue weighted by atomic mass is 16.7. The van der Waals surface area contributed by atoms with Gasteiger partial charge in [-0.3, -0.25) is 0 Å². The molecule has 1 rings (SSSR count). The van der Waals surface area contributed by atoms with Gasteiger partial charge in [-0.05, 0) is 13.8 Å². The van der Waals surface area contributed by atoms with E-state index in [4.69, 9.17) is 15.6 Å². The van der Waals surface area contributed by atoms with Crippen LogP contribution in [0.15, 0.2) is 0 Å².